The van der Waals surface area contributed by atoms with Gasteiger partial charge in [0.2, 0.25) is 5.91 Å². The minimum absolute atomic E-state index is 0.0311. The van der Waals surface area contributed by atoms with Crippen LogP contribution in [0.15, 0.2) is 0 Å². The molecule has 0 radical (unpaired) electrons. The lowest BCUT2D eigenvalue weighted by atomic mass is 10.3. The van der Waals surface area contributed by atoms with Crippen molar-refractivity contribution in [1.82, 2.24) is 10.6 Å². The fraction of sp³-hybridized carbons (Fsp3) is 0.800. The van der Waals surface area contributed by atoms with Crippen LogP contribution in [0.4, 0.5) is 0 Å². The molecule has 5 heteroatoms. The largest absolute Gasteiger partial charge is 0.372 e. The third-order valence-corrected chi connectivity index (χ3v) is 1.62. The fourth-order valence-corrected chi connectivity index (χ4v) is 0.919. The van der Waals surface area contributed by atoms with Gasteiger partial charge in [-0.15, -0.1) is 0 Å². The number of hydrogen-bond acceptors (Lipinski definition) is 4. The van der Waals surface area contributed by atoms with Crippen molar-refractivity contribution in [2.24, 2.45) is 0 Å². The van der Waals surface area contributed by atoms with Crippen LogP contribution in [0.5, 0.6) is 0 Å². The molecule has 0 fully saturated rings. The molecule has 0 aromatic rings. The highest BCUT2D eigenvalue weighted by Gasteiger charge is 1.99. The van der Waals surface area contributed by atoms with Crippen molar-refractivity contribution in [3.05, 3.63) is 0 Å². The standard InChI is InChI=1S/C10H19N3O2/c1-9(2)12-5-3-7-15-8-10(14)13-6-4-11/h9,12H,3,5-8H2,1-2H3,(H,13,14). The van der Waals surface area contributed by atoms with Gasteiger partial charge in [-0.1, -0.05) is 13.8 Å². The summed E-state index contributed by atoms with van der Waals surface area (Å²) in [4.78, 5) is 10.9. The fourth-order valence-electron chi connectivity index (χ4n) is 0.919. The zero-order valence-electron chi connectivity index (χ0n) is 9.38. The number of nitriles is 1. The smallest absolute Gasteiger partial charge is 0.246 e. The molecule has 0 saturated carbocycles. The second kappa shape index (κ2) is 9.44. The molecule has 0 saturated heterocycles. The lowest BCUT2D eigenvalue weighted by molar-refractivity contribution is -0.125. The van der Waals surface area contributed by atoms with Crippen LogP contribution in [0.3, 0.4) is 0 Å². The Labute approximate surface area is 90.8 Å². The van der Waals surface area contributed by atoms with Crippen LogP contribution in [0, 0.1) is 11.3 Å². The van der Waals surface area contributed by atoms with Gasteiger partial charge in [-0.3, -0.25) is 4.79 Å². The first-order valence-corrected chi connectivity index (χ1v) is 5.11. The first kappa shape index (κ1) is 13.9. The molecule has 0 aliphatic heterocycles. The maximum atomic E-state index is 10.9. The zero-order chi connectivity index (χ0) is 11.5. The SMILES string of the molecule is CC(C)NCCCOCC(=O)NCC#N. The second-order valence-corrected chi connectivity index (χ2v) is 3.45. The van der Waals surface area contributed by atoms with Crippen molar-refractivity contribution in [3.8, 4) is 6.07 Å². The van der Waals surface area contributed by atoms with Gasteiger partial charge in [-0.2, -0.15) is 5.26 Å². The molecule has 1 amide bonds. The maximum Gasteiger partial charge on any atom is 0.246 e. The van der Waals surface area contributed by atoms with E-state index in [1.807, 2.05) is 6.07 Å². The molecule has 5 nitrogen and oxygen atoms in total. The van der Waals surface area contributed by atoms with E-state index in [0.717, 1.165) is 13.0 Å². The van der Waals surface area contributed by atoms with Crippen molar-refractivity contribution < 1.29 is 9.53 Å². The lowest BCUT2D eigenvalue weighted by Gasteiger charge is -2.07. The first-order chi connectivity index (χ1) is 7.16. The molecule has 0 unspecified atom stereocenters. The minimum atomic E-state index is -0.242. The van der Waals surface area contributed by atoms with E-state index in [1.54, 1.807) is 0 Å². The summed E-state index contributed by atoms with van der Waals surface area (Å²) in [7, 11) is 0. The number of nitrogens with zero attached hydrogens (tertiary/aromatic N) is 1. The second-order valence-electron chi connectivity index (χ2n) is 3.45. The summed E-state index contributed by atoms with van der Waals surface area (Å²) in [6.45, 7) is 5.67. The molecule has 0 spiro atoms. The average Bonchev–Trinajstić information content (AvgIpc) is 2.19. The molecule has 0 aromatic heterocycles. The van der Waals surface area contributed by atoms with Crippen molar-refractivity contribution in [1.29, 1.82) is 5.26 Å². The summed E-state index contributed by atoms with van der Waals surface area (Å²) in [6, 6.07) is 2.30. The molecular weight excluding hydrogens is 194 g/mol. The van der Waals surface area contributed by atoms with Crippen molar-refractivity contribution in [3.63, 3.8) is 0 Å². The van der Waals surface area contributed by atoms with Crippen molar-refractivity contribution in [2.45, 2.75) is 26.3 Å². The Morgan fingerprint density at radius 1 is 1.53 bits per heavy atom. The van der Waals surface area contributed by atoms with Crippen LogP contribution in [-0.4, -0.2) is 38.3 Å². The van der Waals surface area contributed by atoms with Crippen LogP contribution in [0.2, 0.25) is 0 Å². The van der Waals surface area contributed by atoms with Gasteiger partial charge in [0.05, 0.1) is 6.07 Å². The number of hydrogen-bond donors (Lipinski definition) is 2. The lowest BCUT2D eigenvalue weighted by Crippen LogP contribution is -2.28. The Hall–Kier alpha value is -1.12. The van der Waals surface area contributed by atoms with Crippen LogP contribution < -0.4 is 10.6 Å². The van der Waals surface area contributed by atoms with Gasteiger partial charge in [0, 0.05) is 12.6 Å². The number of rotatable bonds is 8. The Balaban J connectivity index is 3.17. The number of carbonyl (C=O) groups excluding carboxylic acids is 1. The van der Waals surface area contributed by atoms with Gasteiger partial charge in [0.1, 0.15) is 13.2 Å². The predicted octanol–water partition coefficient (Wildman–Crippen LogP) is 0.0309. The summed E-state index contributed by atoms with van der Waals surface area (Å²) in [5.74, 6) is -0.242. The van der Waals surface area contributed by atoms with E-state index in [-0.39, 0.29) is 19.1 Å². The highest BCUT2D eigenvalue weighted by molar-refractivity contribution is 5.77. The maximum absolute atomic E-state index is 10.9. The number of amides is 1. The van der Waals surface area contributed by atoms with E-state index < -0.39 is 0 Å². The number of ether oxygens (including phenoxy) is 1. The van der Waals surface area contributed by atoms with E-state index in [2.05, 4.69) is 24.5 Å². The van der Waals surface area contributed by atoms with Gasteiger partial charge >= 0.3 is 0 Å². The van der Waals surface area contributed by atoms with E-state index in [4.69, 9.17) is 10.00 Å². The van der Waals surface area contributed by atoms with Crippen LogP contribution in [0.1, 0.15) is 20.3 Å². The summed E-state index contributed by atoms with van der Waals surface area (Å²) in [5, 5.41) is 13.8. The molecule has 0 aliphatic carbocycles. The Bertz CT molecular complexity index is 211. The first-order valence-electron chi connectivity index (χ1n) is 5.11. The molecule has 0 aliphatic rings. The monoisotopic (exact) mass is 213 g/mol. The molecular formula is C10H19N3O2. The van der Waals surface area contributed by atoms with Crippen LogP contribution >= 0.6 is 0 Å². The molecule has 0 heterocycles. The molecule has 2 N–H and O–H groups in total. The molecule has 0 rings (SSSR count). The minimum Gasteiger partial charge on any atom is -0.372 e. The Morgan fingerprint density at radius 3 is 2.87 bits per heavy atom. The molecule has 0 aromatic carbocycles. The molecule has 0 bridgehead atoms. The van der Waals surface area contributed by atoms with E-state index in [9.17, 15) is 4.79 Å². The van der Waals surface area contributed by atoms with Gasteiger partial charge < -0.3 is 15.4 Å². The highest BCUT2D eigenvalue weighted by atomic mass is 16.5. The molecule has 15 heavy (non-hydrogen) atoms. The zero-order valence-corrected chi connectivity index (χ0v) is 9.38. The quantitative estimate of drug-likeness (QED) is 0.441. The van der Waals surface area contributed by atoms with E-state index >= 15 is 0 Å². The van der Waals surface area contributed by atoms with Crippen molar-refractivity contribution in [2.75, 3.05) is 26.3 Å². The van der Waals surface area contributed by atoms with Gasteiger partial charge in [-0.05, 0) is 13.0 Å². The topological polar surface area (TPSA) is 74.2 Å². The Kier molecular flexibility index (Phi) is 8.73. The predicted molar refractivity (Wildman–Crippen MR) is 57.2 cm³/mol. The number of carbonyl (C=O) groups is 1. The van der Waals surface area contributed by atoms with Crippen molar-refractivity contribution >= 4 is 5.91 Å². The average molecular weight is 213 g/mol. The van der Waals surface area contributed by atoms with Gasteiger partial charge in [0.25, 0.3) is 0 Å². The van der Waals surface area contributed by atoms with Gasteiger partial charge in [0.15, 0.2) is 0 Å². The van der Waals surface area contributed by atoms with Gasteiger partial charge in [-0.25, -0.2) is 0 Å². The molecule has 86 valence electrons. The number of nitrogens with one attached hydrogen (secondary N) is 2. The van der Waals surface area contributed by atoms with Crippen LogP contribution in [0.25, 0.3) is 0 Å². The van der Waals surface area contributed by atoms with Crippen LogP contribution in [-0.2, 0) is 9.53 Å². The van der Waals surface area contributed by atoms with E-state index in [0.29, 0.717) is 12.6 Å². The summed E-state index contributed by atoms with van der Waals surface area (Å²) in [6.07, 6.45) is 0.879. The summed E-state index contributed by atoms with van der Waals surface area (Å²) < 4.78 is 5.11. The third-order valence-electron chi connectivity index (χ3n) is 1.62. The third kappa shape index (κ3) is 10.8. The molecule has 0 atom stereocenters. The normalized spacial score (nSPS) is 10.0. The summed E-state index contributed by atoms with van der Waals surface area (Å²) in [5.41, 5.74) is 0. The Morgan fingerprint density at radius 2 is 2.27 bits per heavy atom. The summed E-state index contributed by atoms with van der Waals surface area (Å²) >= 11 is 0. The van der Waals surface area contributed by atoms with E-state index in [1.165, 1.54) is 0 Å². The highest BCUT2D eigenvalue weighted by Crippen LogP contribution is 1.83.